The largest absolute Gasteiger partial charge is 0.455 e. The summed E-state index contributed by atoms with van der Waals surface area (Å²) >= 11 is 0. The van der Waals surface area contributed by atoms with E-state index in [0.29, 0.717) is 11.4 Å². The fourth-order valence-corrected chi connectivity index (χ4v) is 3.32. The van der Waals surface area contributed by atoms with Crippen molar-refractivity contribution in [1.29, 1.82) is 0 Å². The van der Waals surface area contributed by atoms with Gasteiger partial charge in [0.1, 0.15) is 18.2 Å². The van der Waals surface area contributed by atoms with Crippen LogP contribution in [0.5, 0.6) is 6.01 Å². The van der Waals surface area contributed by atoms with Crippen LogP contribution >= 0.6 is 0 Å². The van der Waals surface area contributed by atoms with Crippen LogP contribution in [0, 0.1) is 5.82 Å². The first kappa shape index (κ1) is 18.2. The van der Waals surface area contributed by atoms with E-state index >= 15 is 0 Å². The van der Waals surface area contributed by atoms with Crippen LogP contribution in [0.25, 0.3) is 11.4 Å². The van der Waals surface area contributed by atoms with Crippen molar-refractivity contribution in [3.05, 3.63) is 70.7 Å². The standard InChI is InChI=1S/C20H20FN5O2/c1-26-18(27)11-17(15-8-10-22-12-24-15)25-20(26)28-19(16-3-2-9-23-16)13-4-6-14(21)7-5-13/h4-8,10-12,16,19,23H,2-3,9H2,1H3/t16-,19?/m0/s1. The highest BCUT2D eigenvalue weighted by Gasteiger charge is 2.29. The van der Waals surface area contributed by atoms with E-state index in [-0.39, 0.29) is 23.4 Å². The molecule has 1 aliphatic rings. The number of hydrogen-bond donors (Lipinski definition) is 1. The number of hydrogen-bond acceptors (Lipinski definition) is 6. The summed E-state index contributed by atoms with van der Waals surface area (Å²) in [4.78, 5) is 25.0. The Morgan fingerprint density at radius 2 is 2.07 bits per heavy atom. The average Bonchev–Trinajstić information content (AvgIpc) is 3.25. The fraction of sp³-hybridized carbons (Fsp3) is 0.300. The fourth-order valence-electron chi connectivity index (χ4n) is 3.32. The predicted molar refractivity (Wildman–Crippen MR) is 101 cm³/mol. The molecule has 144 valence electrons. The zero-order chi connectivity index (χ0) is 19.5. The second kappa shape index (κ2) is 7.85. The molecule has 0 spiro atoms. The van der Waals surface area contributed by atoms with Gasteiger partial charge < -0.3 is 10.1 Å². The van der Waals surface area contributed by atoms with Gasteiger partial charge in [-0.2, -0.15) is 4.98 Å². The Morgan fingerprint density at radius 3 is 2.75 bits per heavy atom. The van der Waals surface area contributed by atoms with Crippen molar-refractivity contribution in [2.24, 2.45) is 7.05 Å². The first-order chi connectivity index (χ1) is 13.6. The van der Waals surface area contributed by atoms with Crippen molar-refractivity contribution >= 4 is 0 Å². The van der Waals surface area contributed by atoms with Gasteiger partial charge in [-0.1, -0.05) is 12.1 Å². The van der Waals surface area contributed by atoms with Crippen LogP contribution in [0.3, 0.4) is 0 Å². The number of nitrogens with zero attached hydrogens (tertiary/aromatic N) is 4. The number of ether oxygens (including phenoxy) is 1. The van der Waals surface area contributed by atoms with E-state index in [1.807, 2.05) is 0 Å². The average molecular weight is 381 g/mol. The van der Waals surface area contributed by atoms with Crippen molar-refractivity contribution in [3.8, 4) is 17.4 Å². The molecule has 28 heavy (non-hydrogen) atoms. The van der Waals surface area contributed by atoms with Gasteiger partial charge in [0, 0.05) is 25.4 Å². The maximum Gasteiger partial charge on any atom is 0.300 e. The highest BCUT2D eigenvalue weighted by molar-refractivity contribution is 5.52. The third kappa shape index (κ3) is 3.77. The van der Waals surface area contributed by atoms with Crippen LogP contribution < -0.4 is 15.6 Å². The summed E-state index contributed by atoms with van der Waals surface area (Å²) in [7, 11) is 1.61. The van der Waals surface area contributed by atoms with Crippen LogP contribution in [0.2, 0.25) is 0 Å². The topological polar surface area (TPSA) is 81.9 Å². The molecule has 0 saturated carbocycles. The van der Waals surface area contributed by atoms with Crippen LogP contribution in [0.1, 0.15) is 24.5 Å². The molecule has 0 bridgehead atoms. The van der Waals surface area contributed by atoms with Gasteiger partial charge in [-0.25, -0.2) is 14.4 Å². The third-order valence-corrected chi connectivity index (χ3v) is 4.83. The summed E-state index contributed by atoms with van der Waals surface area (Å²) in [5.41, 5.74) is 1.52. The zero-order valence-corrected chi connectivity index (χ0v) is 15.4. The molecule has 2 aromatic heterocycles. The van der Waals surface area contributed by atoms with Crippen molar-refractivity contribution in [2.45, 2.75) is 25.0 Å². The molecular weight excluding hydrogens is 361 g/mol. The van der Waals surface area contributed by atoms with Gasteiger partial charge in [0.25, 0.3) is 11.6 Å². The van der Waals surface area contributed by atoms with Gasteiger partial charge >= 0.3 is 0 Å². The number of rotatable bonds is 5. The van der Waals surface area contributed by atoms with E-state index in [4.69, 9.17) is 4.74 Å². The molecule has 1 N–H and O–H groups in total. The molecule has 1 unspecified atom stereocenters. The van der Waals surface area contributed by atoms with Gasteiger partial charge in [0.15, 0.2) is 0 Å². The zero-order valence-electron chi connectivity index (χ0n) is 15.4. The lowest BCUT2D eigenvalue weighted by atomic mass is 10.0. The summed E-state index contributed by atoms with van der Waals surface area (Å²) in [5.74, 6) is -0.307. The highest BCUT2D eigenvalue weighted by atomic mass is 19.1. The number of benzene rings is 1. The molecule has 0 aliphatic carbocycles. The third-order valence-electron chi connectivity index (χ3n) is 4.83. The van der Waals surface area contributed by atoms with Crippen molar-refractivity contribution in [3.63, 3.8) is 0 Å². The molecule has 8 heteroatoms. The quantitative estimate of drug-likeness (QED) is 0.730. The van der Waals surface area contributed by atoms with E-state index in [2.05, 4.69) is 20.3 Å². The monoisotopic (exact) mass is 381 g/mol. The Balaban J connectivity index is 1.72. The summed E-state index contributed by atoms with van der Waals surface area (Å²) in [5, 5.41) is 3.42. The van der Waals surface area contributed by atoms with E-state index < -0.39 is 6.10 Å². The summed E-state index contributed by atoms with van der Waals surface area (Å²) in [6.45, 7) is 0.888. The van der Waals surface area contributed by atoms with Crippen LogP contribution in [-0.2, 0) is 7.05 Å². The minimum absolute atomic E-state index is 0.0464. The molecule has 7 nitrogen and oxygen atoms in total. The SMILES string of the molecule is Cn1c(OC(c2ccc(F)cc2)[C@@H]2CCCN2)nc(-c2ccncn2)cc1=O. The smallest absolute Gasteiger partial charge is 0.300 e. The Morgan fingerprint density at radius 1 is 1.25 bits per heavy atom. The van der Waals surface area contributed by atoms with Gasteiger partial charge in [-0.3, -0.25) is 9.36 Å². The van der Waals surface area contributed by atoms with E-state index in [1.54, 1.807) is 31.4 Å². The van der Waals surface area contributed by atoms with Crippen LogP contribution in [0.4, 0.5) is 4.39 Å². The van der Waals surface area contributed by atoms with Crippen molar-refractivity contribution in [1.82, 2.24) is 24.8 Å². The molecule has 3 heterocycles. The Labute approximate surface area is 161 Å². The van der Waals surface area contributed by atoms with Crippen LogP contribution in [-0.4, -0.2) is 32.1 Å². The number of aromatic nitrogens is 4. The normalized spacial score (nSPS) is 17.4. The minimum atomic E-state index is -0.401. The Bertz CT molecular complexity index is 1000. The molecule has 1 aromatic carbocycles. The molecular formula is C20H20FN5O2. The number of nitrogens with one attached hydrogen (secondary N) is 1. The van der Waals surface area contributed by atoms with Gasteiger partial charge in [0.05, 0.1) is 11.4 Å². The summed E-state index contributed by atoms with van der Waals surface area (Å²) in [6.07, 6.45) is 4.53. The summed E-state index contributed by atoms with van der Waals surface area (Å²) in [6, 6.07) is 9.54. The second-order valence-electron chi connectivity index (χ2n) is 6.71. The molecule has 4 rings (SSSR count). The molecule has 1 saturated heterocycles. The second-order valence-corrected chi connectivity index (χ2v) is 6.71. The maximum absolute atomic E-state index is 13.4. The Hall–Kier alpha value is -3.13. The molecule has 1 fully saturated rings. The summed E-state index contributed by atoms with van der Waals surface area (Å²) < 4.78 is 21.0. The number of halogens is 1. The lowest BCUT2D eigenvalue weighted by molar-refractivity contribution is 0.142. The van der Waals surface area contributed by atoms with Crippen molar-refractivity contribution < 1.29 is 9.13 Å². The van der Waals surface area contributed by atoms with Crippen molar-refractivity contribution in [2.75, 3.05) is 6.54 Å². The Kier molecular flexibility index (Phi) is 5.12. The predicted octanol–water partition coefficient (Wildman–Crippen LogP) is 2.25. The maximum atomic E-state index is 13.4. The van der Waals surface area contributed by atoms with Gasteiger partial charge in [-0.15, -0.1) is 0 Å². The van der Waals surface area contributed by atoms with Gasteiger partial charge in [0.2, 0.25) is 0 Å². The lowest BCUT2D eigenvalue weighted by Crippen LogP contribution is -2.34. The highest BCUT2D eigenvalue weighted by Crippen LogP contribution is 2.28. The molecule has 3 aromatic rings. The molecule has 0 amide bonds. The first-order valence-electron chi connectivity index (χ1n) is 9.12. The first-order valence-corrected chi connectivity index (χ1v) is 9.12. The lowest BCUT2D eigenvalue weighted by Gasteiger charge is -2.25. The molecule has 1 aliphatic heterocycles. The van der Waals surface area contributed by atoms with E-state index in [1.165, 1.54) is 29.1 Å². The minimum Gasteiger partial charge on any atom is -0.455 e. The molecule has 2 atom stereocenters. The van der Waals surface area contributed by atoms with E-state index in [0.717, 1.165) is 24.9 Å². The van der Waals surface area contributed by atoms with Gasteiger partial charge in [-0.05, 0) is 43.1 Å². The van der Waals surface area contributed by atoms with Crippen LogP contribution in [0.15, 0.2) is 53.7 Å². The van der Waals surface area contributed by atoms with E-state index in [9.17, 15) is 9.18 Å². The molecule has 0 radical (unpaired) electrons.